The van der Waals surface area contributed by atoms with Crippen molar-refractivity contribution in [3.63, 3.8) is 0 Å². The van der Waals surface area contributed by atoms with Gasteiger partial charge in [-0.15, -0.1) is 0 Å². The SMILES string of the molecule is CCOC(=O)c1cccc(OC(=O)c2ccc(C)c(Br)c2)c1. The van der Waals surface area contributed by atoms with E-state index in [0.717, 1.165) is 10.0 Å². The predicted molar refractivity (Wildman–Crippen MR) is 86.2 cm³/mol. The highest BCUT2D eigenvalue weighted by Crippen LogP contribution is 2.20. The van der Waals surface area contributed by atoms with E-state index in [2.05, 4.69) is 15.9 Å². The highest BCUT2D eigenvalue weighted by Gasteiger charge is 2.12. The lowest BCUT2D eigenvalue weighted by atomic mass is 10.1. The van der Waals surface area contributed by atoms with Crippen molar-refractivity contribution in [2.75, 3.05) is 6.61 Å². The summed E-state index contributed by atoms with van der Waals surface area (Å²) in [6.45, 7) is 3.96. The molecule has 0 aliphatic rings. The van der Waals surface area contributed by atoms with Crippen molar-refractivity contribution in [2.24, 2.45) is 0 Å². The maximum atomic E-state index is 12.1. The molecule has 0 atom stereocenters. The van der Waals surface area contributed by atoms with E-state index in [1.807, 2.05) is 13.0 Å². The Morgan fingerprint density at radius 3 is 2.45 bits per heavy atom. The van der Waals surface area contributed by atoms with Crippen molar-refractivity contribution in [3.8, 4) is 5.75 Å². The minimum absolute atomic E-state index is 0.292. The minimum Gasteiger partial charge on any atom is -0.462 e. The van der Waals surface area contributed by atoms with Crippen LogP contribution in [0.15, 0.2) is 46.9 Å². The molecule has 5 heteroatoms. The van der Waals surface area contributed by atoms with Crippen LogP contribution in [-0.2, 0) is 4.74 Å². The number of hydrogen-bond acceptors (Lipinski definition) is 4. The fraction of sp³-hybridized carbons (Fsp3) is 0.176. The second kappa shape index (κ2) is 7.22. The van der Waals surface area contributed by atoms with E-state index in [1.165, 1.54) is 6.07 Å². The molecule has 4 nitrogen and oxygen atoms in total. The highest BCUT2D eigenvalue weighted by molar-refractivity contribution is 9.10. The Hall–Kier alpha value is -2.14. The Balaban J connectivity index is 2.16. The molecule has 0 amide bonds. The van der Waals surface area contributed by atoms with Gasteiger partial charge in [0.1, 0.15) is 5.75 Å². The number of hydrogen-bond donors (Lipinski definition) is 0. The minimum atomic E-state index is -0.485. The Morgan fingerprint density at radius 2 is 1.77 bits per heavy atom. The van der Waals surface area contributed by atoms with Crippen LogP contribution in [0, 0.1) is 6.92 Å². The summed E-state index contributed by atoms with van der Waals surface area (Å²) in [5.74, 6) is -0.632. The molecule has 0 bridgehead atoms. The summed E-state index contributed by atoms with van der Waals surface area (Å²) in [6, 6.07) is 11.6. The Labute approximate surface area is 137 Å². The number of aryl methyl sites for hydroxylation is 1. The average molecular weight is 363 g/mol. The van der Waals surface area contributed by atoms with Crippen molar-refractivity contribution in [2.45, 2.75) is 13.8 Å². The number of esters is 2. The number of carbonyl (C=O) groups is 2. The lowest BCUT2D eigenvalue weighted by Gasteiger charge is -2.07. The van der Waals surface area contributed by atoms with Crippen molar-refractivity contribution < 1.29 is 19.1 Å². The first-order chi connectivity index (χ1) is 10.5. The summed E-state index contributed by atoms with van der Waals surface area (Å²) in [5, 5.41) is 0. The molecule has 0 aliphatic carbocycles. The van der Waals surface area contributed by atoms with Gasteiger partial charge >= 0.3 is 11.9 Å². The van der Waals surface area contributed by atoms with Gasteiger partial charge in [0.2, 0.25) is 0 Å². The summed E-state index contributed by atoms with van der Waals surface area (Å²) < 4.78 is 11.0. The van der Waals surface area contributed by atoms with E-state index >= 15 is 0 Å². The Morgan fingerprint density at radius 1 is 1.05 bits per heavy atom. The molecule has 0 spiro atoms. The van der Waals surface area contributed by atoms with Crippen molar-refractivity contribution in [1.29, 1.82) is 0 Å². The molecule has 2 aromatic rings. The first-order valence-electron chi connectivity index (χ1n) is 6.76. The van der Waals surface area contributed by atoms with Crippen LogP contribution in [0.25, 0.3) is 0 Å². The van der Waals surface area contributed by atoms with Crippen LogP contribution in [0.5, 0.6) is 5.75 Å². The second-order valence-electron chi connectivity index (χ2n) is 4.60. The number of benzene rings is 2. The Kier molecular flexibility index (Phi) is 5.33. The van der Waals surface area contributed by atoms with Crippen LogP contribution in [-0.4, -0.2) is 18.5 Å². The summed E-state index contributed by atoms with van der Waals surface area (Å²) in [4.78, 5) is 23.8. The zero-order chi connectivity index (χ0) is 16.1. The standard InChI is InChI=1S/C17H15BrO4/c1-3-21-16(19)12-5-4-6-14(9-12)22-17(20)13-8-7-11(2)15(18)10-13/h4-10H,3H2,1-2H3. The molecule has 0 saturated heterocycles. The van der Waals surface area contributed by atoms with Crippen LogP contribution in [0.3, 0.4) is 0 Å². The van der Waals surface area contributed by atoms with Gasteiger partial charge in [0.15, 0.2) is 0 Å². The van der Waals surface area contributed by atoms with E-state index in [0.29, 0.717) is 23.5 Å². The molecule has 114 valence electrons. The third-order valence-corrected chi connectivity index (χ3v) is 3.82. The molecule has 0 heterocycles. The first-order valence-corrected chi connectivity index (χ1v) is 7.56. The number of halogens is 1. The van der Waals surface area contributed by atoms with Gasteiger partial charge in [0.25, 0.3) is 0 Å². The van der Waals surface area contributed by atoms with Gasteiger partial charge in [-0.3, -0.25) is 0 Å². The summed E-state index contributed by atoms with van der Waals surface area (Å²) in [5.41, 5.74) is 1.80. The first kappa shape index (κ1) is 16.2. The molecule has 0 unspecified atom stereocenters. The molecule has 0 aliphatic heterocycles. The molecular weight excluding hydrogens is 348 g/mol. The van der Waals surface area contributed by atoms with Gasteiger partial charge in [-0.25, -0.2) is 9.59 Å². The van der Waals surface area contributed by atoms with E-state index in [9.17, 15) is 9.59 Å². The van der Waals surface area contributed by atoms with Crippen molar-refractivity contribution >= 4 is 27.9 Å². The molecule has 0 aromatic heterocycles. The molecule has 2 rings (SSSR count). The van der Waals surface area contributed by atoms with E-state index < -0.39 is 11.9 Å². The van der Waals surface area contributed by atoms with Gasteiger partial charge in [0.05, 0.1) is 17.7 Å². The smallest absolute Gasteiger partial charge is 0.343 e. The fourth-order valence-corrected chi connectivity index (χ4v) is 2.17. The zero-order valence-corrected chi connectivity index (χ0v) is 13.8. The molecule has 2 aromatic carbocycles. The Bertz CT molecular complexity index is 710. The van der Waals surface area contributed by atoms with Crippen LogP contribution in [0.2, 0.25) is 0 Å². The maximum absolute atomic E-state index is 12.1. The van der Waals surface area contributed by atoms with E-state index in [1.54, 1.807) is 37.3 Å². The van der Waals surface area contributed by atoms with Crippen molar-refractivity contribution in [3.05, 3.63) is 63.6 Å². The largest absolute Gasteiger partial charge is 0.462 e. The summed E-state index contributed by atoms with van der Waals surface area (Å²) >= 11 is 3.38. The van der Waals surface area contributed by atoms with Gasteiger partial charge in [0, 0.05) is 4.47 Å². The number of rotatable bonds is 4. The van der Waals surface area contributed by atoms with Gasteiger partial charge in [-0.1, -0.05) is 28.1 Å². The van der Waals surface area contributed by atoms with E-state index in [4.69, 9.17) is 9.47 Å². The molecule has 0 saturated carbocycles. The van der Waals surface area contributed by atoms with E-state index in [-0.39, 0.29) is 0 Å². The van der Waals surface area contributed by atoms with Crippen molar-refractivity contribution in [1.82, 2.24) is 0 Å². The van der Waals surface area contributed by atoms with Crippen LogP contribution in [0.1, 0.15) is 33.2 Å². The normalized spacial score (nSPS) is 10.1. The van der Waals surface area contributed by atoms with Crippen LogP contribution >= 0.6 is 15.9 Å². The molecule has 0 fully saturated rings. The topological polar surface area (TPSA) is 52.6 Å². The average Bonchev–Trinajstić information content (AvgIpc) is 2.50. The third kappa shape index (κ3) is 3.95. The van der Waals surface area contributed by atoms with Gasteiger partial charge in [-0.05, 0) is 49.7 Å². The number of carbonyl (C=O) groups excluding carboxylic acids is 2. The molecular formula is C17H15BrO4. The molecule has 22 heavy (non-hydrogen) atoms. The van der Waals surface area contributed by atoms with Gasteiger partial charge in [-0.2, -0.15) is 0 Å². The van der Waals surface area contributed by atoms with Gasteiger partial charge < -0.3 is 9.47 Å². The fourth-order valence-electron chi connectivity index (χ4n) is 1.79. The number of ether oxygens (including phenoxy) is 2. The highest BCUT2D eigenvalue weighted by atomic mass is 79.9. The quantitative estimate of drug-likeness (QED) is 0.605. The molecule has 0 radical (unpaired) electrons. The van der Waals surface area contributed by atoms with Crippen LogP contribution in [0.4, 0.5) is 0 Å². The predicted octanol–water partition coefficient (Wildman–Crippen LogP) is 4.15. The molecule has 0 N–H and O–H groups in total. The summed E-state index contributed by atoms with van der Waals surface area (Å²) in [6.07, 6.45) is 0. The lowest BCUT2D eigenvalue weighted by Crippen LogP contribution is -2.10. The lowest BCUT2D eigenvalue weighted by molar-refractivity contribution is 0.0524. The van der Waals surface area contributed by atoms with Crippen LogP contribution < -0.4 is 4.74 Å². The monoisotopic (exact) mass is 362 g/mol. The third-order valence-electron chi connectivity index (χ3n) is 2.96. The maximum Gasteiger partial charge on any atom is 0.343 e. The second-order valence-corrected chi connectivity index (χ2v) is 5.46. The zero-order valence-electron chi connectivity index (χ0n) is 12.3. The summed E-state index contributed by atoms with van der Waals surface area (Å²) in [7, 11) is 0.